The van der Waals surface area contributed by atoms with Gasteiger partial charge in [0.25, 0.3) is 0 Å². The van der Waals surface area contributed by atoms with Gasteiger partial charge in [-0.3, -0.25) is 0 Å². The van der Waals surface area contributed by atoms with Crippen LogP contribution in [0.2, 0.25) is 0 Å². The highest BCUT2D eigenvalue weighted by Crippen LogP contribution is 2.10. The van der Waals surface area contributed by atoms with Crippen molar-refractivity contribution < 1.29 is 9.84 Å². The second-order valence-electron chi connectivity index (χ2n) is 2.47. The monoisotopic (exact) mass is 140 g/mol. The minimum atomic E-state index is -0.524. The van der Waals surface area contributed by atoms with Gasteiger partial charge in [0.05, 0.1) is 0 Å². The molecule has 0 bridgehead atoms. The summed E-state index contributed by atoms with van der Waals surface area (Å²) in [5, 5.41) is 8.78. The van der Waals surface area contributed by atoms with Gasteiger partial charge in [-0.1, -0.05) is 11.8 Å². The molecule has 0 amide bonds. The van der Waals surface area contributed by atoms with Crippen LogP contribution in [0, 0.1) is 11.8 Å². The first-order valence-electron chi connectivity index (χ1n) is 3.60. The molecule has 10 heavy (non-hydrogen) atoms. The molecule has 1 rings (SSSR count). The van der Waals surface area contributed by atoms with Crippen LogP contribution in [0.15, 0.2) is 0 Å². The van der Waals surface area contributed by atoms with Gasteiger partial charge in [0.1, 0.15) is 12.2 Å². The molecule has 1 aliphatic heterocycles. The Bertz CT molecular complexity index is 146. The molecule has 1 saturated heterocycles. The summed E-state index contributed by atoms with van der Waals surface area (Å²) in [6.07, 6.45) is 1.66. The largest absolute Gasteiger partial charge is 0.381 e. The first-order chi connectivity index (χ1) is 4.79. The van der Waals surface area contributed by atoms with E-state index in [-0.39, 0.29) is 6.10 Å². The van der Waals surface area contributed by atoms with Crippen LogP contribution in [0.3, 0.4) is 0 Å². The summed E-state index contributed by atoms with van der Waals surface area (Å²) in [6.45, 7) is 2.47. The number of hydrogen-bond acceptors (Lipinski definition) is 2. The zero-order valence-corrected chi connectivity index (χ0v) is 6.13. The average Bonchev–Trinajstić information content (AvgIpc) is 2.34. The second-order valence-corrected chi connectivity index (χ2v) is 2.47. The summed E-state index contributed by atoms with van der Waals surface area (Å²) in [5.41, 5.74) is 0. The fourth-order valence-electron chi connectivity index (χ4n) is 0.905. The van der Waals surface area contributed by atoms with Crippen LogP contribution in [0.5, 0.6) is 0 Å². The Kier molecular flexibility index (Phi) is 2.73. The Balaban J connectivity index is 2.31. The molecule has 0 saturated carbocycles. The van der Waals surface area contributed by atoms with Crippen LogP contribution in [0.25, 0.3) is 0 Å². The van der Waals surface area contributed by atoms with E-state index >= 15 is 0 Å². The molecule has 0 aromatic rings. The third-order valence-electron chi connectivity index (χ3n) is 1.38. The fourth-order valence-corrected chi connectivity index (χ4v) is 0.905. The van der Waals surface area contributed by atoms with Gasteiger partial charge in [-0.25, -0.2) is 0 Å². The van der Waals surface area contributed by atoms with Gasteiger partial charge in [-0.05, 0) is 19.8 Å². The van der Waals surface area contributed by atoms with Gasteiger partial charge in [0.15, 0.2) is 0 Å². The maximum atomic E-state index is 8.78. The Hall–Kier alpha value is -0.520. The lowest BCUT2D eigenvalue weighted by atomic mass is 10.2. The third-order valence-corrected chi connectivity index (χ3v) is 1.38. The van der Waals surface area contributed by atoms with Crippen LogP contribution >= 0.6 is 0 Å². The molecule has 1 aliphatic rings. The summed E-state index contributed by atoms with van der Waals surface area (Å²) in [4.78, 5) is 0. The molecule has 2 nitrogen and oxygen atoms in total. The highest BCUT2D eigenvalue weighted by molar-refractivity contribution is 5.09. The fraction of sp³-hybridized carbons (Fsp3) is 0.750. The third kappa shape index (κ3) is 2.38. The summed E-state index contributed by atoms with van der Waals surface area (Å²) in [6, 6.07) is 0. The second kappa shape index (κ2) is 3.60. The lowest BCUT2D eigenvalue weighted by Gasteiger charge is -1.97. The highest BCUT2D eigenvalue weighted by atomic mass is 16.5. The zero-order valence-electron chi connectivity index (χ0n) is 6.13. The Morgan fingerprint density at radius 3 is 3.00 bits per heavy atom. The maximum Gasteiger partial charge on any atom is 0.118 e. The highest BCUT2D eigenvalue weighted by Gasteiger charge is 2.11. The first kappa shape index (κ1) is 7.59. The summed E-state index contributed by atoms with van der Waals surface area (Å²) >= 11 is 0. The number of ether oxygens (including phenoxy) is 1. The summed E-state index contributed by atoms with van der Waals surface area (Å²) < 4.78 is 5.22. The quantitative estimate of drug-likeness (QED) is 0.498. The molecule has 1 heterocycles. The van der Waals surface area contributed by atoms with E-state index in [0.29, 0.717) is 0 Å². The van der Waals surface area contributed by atoms with E-state index in [2.05, 4.69) is 11.8 Å². The topological polar surface area (TPSA) is 29.5 Å². The van der Waals surface area contributed by atoms with Gasteiger partial charge in [-0.15, -0.1) is 0 Å². The van der Waals surface area contributed by atoms with Gasteiger partial charge >= 0.3 is 0 Å². The molecule has 2 atom stereocenters. The molecular formula is C8H12O2. The minimum Gasteiger partial charge on any atom is -0.381 e. The standard InChI is InChI=1S/C8H12O2/c1-7(9)4-5-8-3-2-6-10-8/h7-9H,2-3,6H2,1H3. The average molecular weight is 140 g/mol. The van der Waals surface area contributed by atoms with E-state index in [1.165, 1.54) is 0 Å². The van der Waals surface area contributed by atoms with E-state index < -0.39 is 6.10 Å². The number of hydrogen-bond donors (Lipinski definition) is 1. The van der Waals surface area contributed by atoms with E-state index in [1.54, 1.807) is 6.92 Å². The molecule has 0 radical (unpaired) electrons. The number of aliphatic hydroxyl groups is 1. The van der Waals surface area contributed by atoms with Crippen LogP contribution in [0.1, 0.15) is 19.8 Å². The van der Waals surface area contributed by atoms with Crippen molar-refractivity contribution in [1.82, 2.24) is 0 Å². The minimum absolute atomic E-state index is 0.0783. The van der Waals surface area contributed by atoms with Crippen LogP contribution < -0.4 is 0 Å². The summed E-state index contributed by atoms with van der Waals surface area (Å²) in [5.74, 6) is 5.53. The molecule has 1 N–H and O–H groups in total. The van der Waals surface area contributed by atoms with Crippen LogP contribution in [-0.4, -0.2) is 23.9 Å². The van der Waals surface area contributed by atoms with Gasteiger partial charge in [0, 0.05) is 6.61 Å². The SMILES string of the molecule is CC(O)C#CC1CCCO1. The van der Waals surface area contributed by atoms with E-state index in [9.17, 15) is 0 Å². The predicted molar refractivity (Wildman–Crippen MR) is 38.4 cm³/mol. The van der Waals surface area contributed by atoms with Crippen LogP contribution in [-0.2, 0) is 4.74 Å². The molecule has 0 spiro atoms. The molecule has 0 aromatic carbocycles. The van der Waals surface area contributed by atoms with Crippen molar-refractivity contribution in [3.63, 3.8) is 0 Å². The van der Waals surface area contributed by atoms with Gasteiger partial charge in [-0.2, -0.15) is 0 Å². The molecule has 0 aromatic heterocycles. The van der Waals surface area contributed by atoms with Crippen molar-refractivity contribution in [1.29, 1.82) is 0 Å². The maximum absolute atomic E-state index is 8.78. The van der Waals surface area contributed by atoms with Crippen LogP contribution in [0.4, 0.5) is 0 Å². The van der Waals surface area contributed by atoms with E-state index in [4.69, 9.17) is 9.84 Å². The molecule has 0 aliphatic carbocycles. The molecule has 2 unspecified atom stereocenters. The molecular weight excluding hydrogens is 128 g/mol. The molecule has 56 valence electrons. The lowest BCUT2D eigenvalue weighted by Crippen LogP contribution is -2.02. The van der Waals surface area contributed by atoms with E-state index in [0.717, 1.165) is 19.4 Å². The van der Waals surface area contributed by atoms with E-state index in [1.807, 2.05) is 0 Å². The van der Waals surface area contributed by atoms with Gasteiger partial charge in [0.2, 0.25) is 0 Å². The van der Waals surface area contributed by atoms with Crippen molar-refractivity contribution in [2.45, 2.75) is 32.0 Å². The molecule has 2 heteroatoms. The first-order valence-corrected chi connectivity index (χ1v) is 3.60. The van der Waals surface area contributed by atoms with Crippen molar-refractivity contribution in [3.8, 4) is 11.8 Å². The van der Waals surface area contributed by atoms with Crippen molar-refractivity contribution in [2.75, 3.05) is 6.61 Å². The predicted octanol–water partition coefficient (Wildman–Crippen LogP) is 0.550. The molecule has 1 fully saturated rings. The number of aliphatic hydroxyl groups excluding tert-OH is 1. The smallest absolute Gasteiger partial charge is 0.118 e. The zero-order chi connectivity index (χ0) is 7.40. The number of rotatable bonds is 0. The van der Waals surface area contributed by atoms with Crippen molar-refractivity contribution >= 4 is 0 Å². The Labute approximate surface area is 61.2 Å². The van der Waals surface area contributed by atoms with Crippen molar-refractivity contribution in [3.05, 3.63) is 0 Å². The van der Waals surface area contributed by atoms with Crippen molar-refractivity contribution in [2.24, 2.45) is 0 Å². The summed E-state index contributed by atoms with van der Waals surface area (Å²) in [7, 11) is 0. The van der Waals surface area contributed by atoms with Gasteiger partial charge < -0.3 is 9.84 Å². The Morgan fingerprint density at radius 2 is 2.50 bits per heavy atom. The normalized spacial score (nSPS) is 27.2. The lowest BCUT2D eigenvalue weighted by molar-refractivity contribution is 0.151. The Morgan fingerprint density at radius 1 is 1.70 bits per heavy atom.